The van der Waals surface area contributed by atoms with Gasteiger partial charge < -0.3 is 9.30 Å². The number of aromatic nitrogens is 5. The van der Waals surface area contributed by atoms with Crippen molar-refractivity contribution in [2.45, 2.75) is 25.8 Å². The van der Waals surface area contributed by atoms with E-state index in [1.165, 1.54) is 12.8 Å². The number of tetrazole rings is 1. The summed E-state index contributed by atoms with van der Waals surface area (Å²) < 4.78 is 7.34. The summed E-state index contributed by atoms with van der Waals surface area (Å²) in [4.78, 5) is 12.1. The van der Waals surface area contributed by atoms with E-state index in [4.69, 9.17) is 4.74 Å². The van der Waals surface area contributed by atoms with E-state index in [-0.39, 0.29) is 5.97 Å². The summed E-state index contributed by atoms with van der Waals surface area (Å²) in [7, 11) is 0. The second kappa shape index (κ2) is 4.94. The Hall–Kier alpha value is -2.70. The number of nitrogens with one attached hydrogen (secondary N) is 1. The van der Waals surface area contributed by atoms with Crippen LogP contribution in [0.15, 0.2) is 24.4 Å². The van der Waals surface area contributed by atoms with Crippen LogP contribution in [0, 0.1) is 0 Å². The zero-order valence-corrected chi connectivity index (χ0v) is 12.1. The first-order valence-corrected chi connectivity index (χ1v) is 7.33. The van der Waals surface area contributed by atoms with Gasteiger partial charge in [0.05, 0.1) is 12.2 Å². The van der Waals surface area contributed by atoms with Crippen LogP contribution in [0.4, 0.5) is 0 Å². The molecule has 1 aromatic carbocycles. The molecule has 0 bridgehead atoms. The summed E-state index contributed by atoms with van der Waals surface area (Å²) in [5.74, 6) is 0.141. The van der Waals surface area contributed by atoms with Gasteiger partial charge in [-0.15, -0.1) is 10.2 Å². The van der Waals surface area contributed by atoms with Gasteiger partial charge in [-0.25, -0.2) is 4.79 Å². The molecule has 2 heterocycles. The minimum atomic E-state index is -0.335. The molecule has 0 atom stereocenters. The second-order valence-corrected chi connectivity index (χ2v) is 5.37. The first-order chi connectivity index (χ1) is 10.8. The van der Waals surface area contributed by atoms with Crippen molar-refractivity contribution in [1.82, 2.24) is 25.2 Å². The van der Waals surface area contributed by atoms with Gasteiger partial charge in [0.1, 0.15) is 0 Å². The number of hydrogen-bond acceptors (Lipinski definition) is 5. The lowest BCUT2D eigenvalue weighted by atomic mass is 10.1. The van der Waals surface area contributed by atoms with Crippen LogP contribution in [0.3, 0.4) is 0 Å². The van der Waals surface area contributed by atoms with Crippen molar-refractivity contribution in [3.05, 3.63) is 30.0 Å². The summed E-state index contributed by atoms with van der Waals surface area (Å²) >= 11 is 0. The lowest BCUT2D eigenvalue weighted by Gasteiger charge is -2.08. The maximum atomic E-state index is 12.1. The molecule has 2 aromatic heterocycles. The van der Waals surface area contributed by atoms with Crippen molar-refractivity contribution in [2.24, 2.45) is 0 Å². The molecule has 7 nitrogen and oxygen atoms in total. The van der Waals surface area contributed by atoms with E-state index in [0.29, 0.717) is 24.0 Å². The molecule has 0 amide bonds. The Kier molecular flexibility index (Phi) is 2.92. The van der Waals surface area contributed by atoms with Crippen LogP contribution < -0.4 is 0 Å². The third-order valence-electron chi connectivity index (χ3n) is 3.88. The molecular formula is C15H15N5O2. The number of carbonyl (C=O) groups is 1. The number of aromatic amines is 1. The molecule has 1 N–H and O–H groups in total. The van der Waals surface area contributed by atoms with Crippen LogP contribution in [-0.4, -0.2) is 37.8 Å². The van der Waals surface area contributed by atoms with Crippen molar-refractivity contribution in [3.63, 3.8) is 0 Å². The van der Waals surface area contributed by atoms with Gasteiger partial charge in [0.15, 0.2) is 0 Å². The van der Waals surface area contributed by atoms with Gasteiger partial charge in [-0.3, -0.25) is 0 Å². The third-order valence-corrected chi connectivity index (χ3v) is 3.88. The number of nitrogens with zero attached hydrogens (tertiary/aromatic N) is 4. The van der Waals surface area contributed by atoms with E-state index in [0.717, 1.165) is 16.5 Å². The molecule has 1 fully saturated rings. The van der Waals surface area contributed by atoms with E-state index in [1.54, 1.807) is 13.0 Å². The molecule has 0 saturated heterocycles. The van der Waals surface area contributed by atoms with Crippen molar-refractivity contribution in [2.75, 3.05) is 6.61 Å². The largest absolute Gasteiger partial charge is 0.462 e. The molecule has 0 spiro atoms. The average molecular weight is 297 g/mol. The van der Waals surface area contributed by atoms with E-state index in [2.05, 4.69) is 31.4 Å². The second-order valence-electron chi connectivity index (χ2n) is 5.37. The van der Waals surface area contributed by atoms with E-state index in [1.807, 2.05) is 12.1 Å². The molecule has 0 unspecified atom stereocenters. The fraction of sp³-hybridized carbons (Fsp3) is 0.333. The summed E-state index contributed by atoms with van der Waals surface area (Å²) in [5, 5.41) is 15.2. The highest BCUT2D eigenvalue weighted by molar-refractivity contribution is 6.01. The number of H-pyrrole nitrogens is 1. The SMILES string of the molecule is CCOC(=O)c1cc(-c2nn[nH]n2)c2ccn(C3CC3)c2c1. The van der Waals surface area contributed by atoms with E-state index < -0.39 is 0 Å². The first-order valence-electron chi connectivity index (χ1n) is 7.33. The number of benzene rings is 1. The molecule has 3 aromatic rings. The Balaban J connectivity index is 1.94. The standard InChI is InChI=1S/C15H15N5O2/c1-2-22-15(21)9-7-12(14-16-18-19-17-14)11-5-6-20(10-3-4-10)13(11)8-9/h5-8,10H,2-4H2,1H3,(H,16,17,18,19). The number of rotatable bonds is 4. The van der Waals surface area contributed by atoms with Crippen molar-refractivity contribution < 1.29 is 9.53 Å². The normalized spacial score (nSPS) is 14.4. The molecule has 112 valence electrons. The zero-order valence-electron chi connectivity index (χ0n) is 12.1. The number of carbonyl (C=O) groups excluding carboxylic acids is 1. The lowest BCUT2D eigenvalue weighted by Crippen LogP contribution is -2.05. The summed E-state index contributed by atoms with van der Waals surface area (Å²) in [5.41, 5.74) is 2.30. The monoisotopic (exact) mass is 297 g/mol. The van der Waals surface area contributed by atoms with Gasteiger partial charge in [-0.2, -0.15) is 5.21 Å². The third kappa shape index (κ3) is 2.05. The summed E-state index contributed by atoms with van der Waals surface area (Å²) in [6.45, 7) is 2.14. The maximum absolute atomic E-state index is 12.1. The molecule has 1 saturated carbocycles. The topological polar surface area (TPSA) is 85.7 Å². The first kappa shape index (κ1) is 13.0. The summed E-state index contributed by atoms with van der Waals surface area (Å²) in [6, 6.07) is 6.21. The molecule has 22 heavy (non-hydrogen) atoms. The van der Waals surface area contributed by atoms with Gasteiger partial charge in [0.2, 0.25) is 5.82 Å². The van der Waals surface area contributed by atoms with Gasteiger partial charge >= 0.3 is 5.97 Å². The van der Waals surface area contributed by atoms with Crippen LogP contribution in [0.5, 0.6) is 0 Å². The van der Waals surface area contributed by atoms with Crippen LogP contribution in [-0.2, 0) is 4.74 Å². The van der Waals surface area contributed by atoms with Crippen molar-refractivity contribution >= 4 is 16.9 Å². The number of fused-ring (bicyclic) bond motifs is 1. The fourth-order valence-electron chi connectivity index (χ4n) is 2.73. The van der Waals surface area contributed by atoms with Gasteiger partial charge in [0, 0.05) is 28.7 Å². The molecule has 4 rings (SSSR count). The quantitative estimate of drug-likeness (QED) is 0.747. The maximum Gasteiger partial charge on any atom is 0.338 e. The number of ether oxygens (including phenoxy) is 1. The zero-order chi connectivity index (χ0) is 15.1. The van der Waals surface area contributed by atoms with Crippen molar-refractivity contribution in [3.8, 4) is 11.4 Å². The summed E-state index contributed by atoms with van der Waals surface area (Å²) in [6.07, 6.45) is 4.40. The molecular weight excluding hydrogens is 282 g/mol. The minimum absolute atomic E-state index is 0.335. The predicted molar refractivity (Wildman–Crippen MR) is 79.3 cm³/mol. The fourth-order valence-corrected chi connectivity index (χ4v) is 2.73. The van der Waals surface area contributed by atoms with Crippen LogP contribution in [0.2, 0.25) is 0 Å². The Morgan fingerprint density at radius 3 is 3.00 bits per heavy atom. The van der Waals surface area contributed by atoms with Gasteiger partial charge in [-0.05, 0) is 43.2 Å². The Bertz CT molecular complexity index is 833. The Labute approximate surface area is 126 Å². The van der Waals surface area contributed by atoms with Crippen LogP contribution >= 0.6 is 0 Å². The van der Waals surface area contributed by atoms with E-state index in [9.17, 15) is 4.79 Å². The Morgan fingerprint density at radius 1 is 1.45 bits per heavy atom. The highest BCUT2D eigenvalue weighted by Gasteiger charge is 2.26. The molecule has 1 aliphatic rings. The number of esters is 1. The van der Waals surface area contributed by atoms with Gasteiger partial charge in [-0.1, -0.05) is 0 Å². The van der Waals surface area contributed by atoms with Gasteiger partial charge in [0.25, 0.3) is 0 Å². The Morgan fingerprint density at radius 2 is 2.32 bits per heavy atom. The molecule has 1 aliphatic carbocycles. The van der Waals surface area contributed by atoms with Crippen LogP contribution in [0.25, 0.3) is 22.3 Å². The average Bonchev–Trinajstić information content (AvgIpc) is 3.06. The predicted octanol–water partition coefficient (Wildman–Crippen LogP) is 2.33. The number of hydrogen-bond donors (Lipinski definition) is 1. The smallest absolute Gasteiger partial charge is 0.338 e. The molecule has 7 heteroatoms. The minimum Gasteiger partial charge on any atom is -0.462 e. The molecule has 0 aliphatic heterocycles. The lowest BCUT2D eigenvalue weighted by molar-refractivity contribution is 0.0526. The highest BCUT2D eigenvalue weighted by atomic mass is 16.5. The van der Waals surface area contributed by atoms with Crippen LogP contribution in [0.1, 0.15) is 36.2 Å². The van der Waals surface area contributed by atoms with E-state index >= 15 is 0 Å². The highest BCUT2D eigenvalue weighted by Crippen LogP contribution is 2.39. The molecule has 0 radical (unpaired) electrons. The van der Waals surface area contributed by atoms with Crippen molar-refractivity contribution in [1.29, 1.82) is 0 Å².